The van der Waals surface area contributed by atoms with Gasteiger partial charge >= 0.3 is 0 Å². The predicted molar refractivity (Wildman–Crippen MR) is 119 cm³/mol. The summed E-state index contributed by atoms with van der Waals surface area (Å²) in [6, 6.07) is 6.72. The van der Waals surface area contributed by atoms with Crippen LogP contribution in [0.2, 0.25) is 0 Å². The zero-order valence-corrected chi connectivity index (χ0v) is 19.5. The Kier molecular flexibility index (Phi) is 5.91. The van der Waals surface area contributed by atoms with E-state index >= 15 is 0 Å². The van der Waals surface area contributed by atoms with Crippen LogP contribution in [0.1, 0.15) is 51.6 Å². The van der Waals surface area contributed by atoms with Crippen LogP contribution in [0.25, 0.3) is 0 Å². The van der Waals surface area contributed by atoms with Gasteiger partial charge in [-0.25, -0.2) is 12.7 Å². The summed E-state index contributed by atoms with van der Waals surface area (Å²) in [6.07, 6.45) is 3.70. The van der Waals surface area contributed by atoms with Gasteiger partial charge in [0.15, 0.2) is 5.69 Å². The lowest BCUT2D eigenvalue weighted by atomic mass is 9.96. The van der Waals surface area contributed by atoms with Crippen LogP contribution >= 0.6 is 0 Å². The minimum Gasteiger partial charge on any atom is -0.360 e. The molecule has 0 unspecified atom stereocenters. The topological polar surface area (TPSA) is 110 Å². The number of anilines is 1. The Morgan fingerprint density at radius 1 is 1.16 bits per heavy atom. The van der Waals surface area contributed by atoms with Crippen LogP contribution in [0.15, 0.2) is 33.7 Å². The van der Waals surface area contributed by atoms with E-state index < -0.39 is 10.0 Å². The smallest absolute Gasteiger partial charge is 0.278 e. The van der Waals surface area contributed by atoms with Crippen LogP contribution in [-0.4, -0.2) is 47.7 Å². The highest BCUT2D eigenvalue weighted by Gasteiger charge is 2.25. The summed E-state index contributed by atoms with van der Waals surface area (Å²) >= 11 is 0. The molecule has 1 aromatic carbocycles. The molecule has 0 saturated heterocycles. The molecule has 10 heteroatoms. The molecule has 2 heterocycles. The Labute approximate surface area is 187 Å². The highest BCUT2D eigenvalue weighted by Crippen LogP contribution is 2.26. The molecule has 9 nitrogen and oxygen atoms in total. The lowest BCUT2D eigenvalue weighted by Crippen LogP contribution is -2.22. The third-order valence-electron chi connectivity index (χ3n) is 5.82. The summed E-state index contributed by atoms with van der Waals surface area (Å²) in [4.78, 5) is 13.1. The summed E-state index contributed by atoms with van der Waals surface area (Å²) in [6.45, 7) is 4.17. The average Bonchev–Trinajstić information content (AvgIpc) is 3.31. The zero-order valence-electron chi connectivity index (χ0n) is 18.7. The first-order valence-electron chi connectivity index (χ1n) is 10.5. The Bertz CT molecular complexity index is 1260. The highest BCUT2D eigenvalue weighted by atomic mass is 32.2. The standard InChI is InChI=1S/C22H27N5O4S/c1-14-20(23-22(28)21-18-7-5-6-8-19(18)31-25-21)15(2)27(24-14)13-16-9-11-17(12-10-16)32(29,30)26(3)4/h9-12H,5-8,13H2,1-4H3,(H,23,28). The van der Waals surface area contributed by atoms with Crippen molar-refractivity contribution in [3.8, 4) is 0 Å². The number of nitrogens with zero attached hydrogens (tertiary/aromatic N) is 4. The van der Waals surface area contributed by atoms with Crippen molar-refractivity contribution in [2.45, 2.75) is 51.0 Å². The van der Waals surface area contributed by atoms with Crippen molar-refractivity contribution in [2.24, 2.45) is 0 Å². The Hall–Kier alpha value is -2.98. The van der Waals surface area contributed by atoms with Gasteiger partial charge in [-0.05, 0) is 50.8 Å². The van der Waals surface area contributed by atoms with E-state index in [4.69, 9.17) is 4.52 Å². The number of nitrogens with one attached hydrogen (secondary N) is 1. The van der Waals surface area contributed by atoms with E-state index in [1.165, 1.54) is 18.4 Å². The van der Waals surface area contributed by atoms with Crippen molar-refractivity contribution in [1.82, 2.24) is 19.2 Å². The summed E-state index contributed by atoms with van der Waals surface area (Å²) in [5.74, 6) is 0.520. The fourth-order valence-electron chi connectivity index (χ4n) is 3.92. The second kappa shape index (κ2) is 8.51. The SMILES string of the molecule is Cc1nn(Cc2ccc(S(=O)(=O)N(C)C)cc2)c(C)c1NC(=O)c1noc2c1CCCC2. The fraction of sp³-hybridized carbons (Fsp3) is 0.409. The van der Waals surface area contributed by atoms with Gasteiger partial charge in [0.1, 0.15) is 5.76 Å². The molecule has 3 aromatic rings. The van der Waals surface area contributed by atoms with Gasteiger partial charge < -0.3 is 9.84 Å². The number of benzene rings is 1. The molecule has 0 atom stereocenters. The number of hydrogen-bond acceptors (Lipinski definition) is 6. The molecule has 0 fully saturated rings. The monoisotopic (exact) mass is 457 g/mol. The number of hydrogen-bond donors (Lipinski definition) is 1. The molecule has 170 valence electrons. The van der Waals surface area contributed by atoms with Crippen molar-refractivity contribution in [2.75, 3.05) is 19.4 Å². The van der Waals surface area contributed by atoms with Crippen LogP contribution in [0.5, 0.6) is 0 Å². The van der Waals surface area contributed by atoms with E-state index in [0.29, 0.717) is 23.6 Å². The van der Waals surface area contributed by atoms with E-state index in [0.717, 1.165) is 48.3 Å². The molecular weight excluding hydrogens is 430 g/mol. The molecule has 0 bridgehead atoms. The summed E-state index contributed by atoms with van der Waals surface area (Å²) in [5.41, 5.74) is 4.30. The van der Waals surface area contributed by atoms with Crippen molar-refractivity contribution in [3.63, 3.8) is 0 Å². The van der Waals surface area contributed by atoms with E-state index in [1.54, 1.807) is 28.9 Å². The van der Waals surface area contributed by atoms with E-state index in [-0.39, 0.29) is 10.8 Å². The Morgan fingerprint density at radius 3 is 2.53 bits per heavy atom. The molecule has 2 aromatic heterocycles. The zero-order chi connectivity index (χ0) is 23.0. The second-order valence-electron chi connectivity index (χ2n) is 8.23. The van der Waals surface area contributed by atoms with E-state index in [1.807, 2.05) is 13.8 Å². The molecule has 1 aliphatic rings. The second-order valence-corrected chi connectivity index (χ2v) is 10.4. The number of aromatic nitrogens is 3. The first-order chi connectivity index (χ1) is 15.2. The van der Waals surface area contributed by atoms with Crippen molar-refractivity contribution >= 4 is 21.6 Å². The number of rotatable bonds is 6. The van der Waals surface area contributed by atoms with Crippen molar-refractivity contribution in [1.29, 1.82) is 0 Å². The Morgan fingerprint density at radius 2 is 1.84 bits per heavy atom. The molecule has 1 N–H and O–H groups in total. The molecule has 1 amide bonds. The maximum absolute atomic E-state index is 12.9. The molecule has 32 heavy (non-hydrogen) atoms. The largest absolute Gasteiger partial charge is 0.360 e. The minimum atomic E-state index is -3.47. The van der Waals surface area contributed by atoms with Gasteiger partial charge in [0.2, 0.25) is 10.0 Å². The quantitative estimate of drug-likeness (QED) is 0.609. The van der Waals surface area contributed by atoms with E-state index in [9.17, 15) is 13.2 Å². The summed E-state index contributed by atoms with van der Waals surface area (Å²) in [5, 5.41) is 11.5. The van der Waals surface area contributed by atoms with Gasteiger partial charge in [0.05, 0.1) is 28.5 Å². The number of carbonyl (C=O) groups is 1. The van der Waals surface area contributed by atoms with Crippen molar-refractivity contribution < 1.29 is 17.7 Å². The van der Waals surface area contributed by atoms with E-state index in [2.05, 4.69) is 15.6 Å². The first-order valence-corrected chi connectivity index (χ1v) is 12.0. The van der Waals surface area contributed by atoms with Crippen molar-refractivity contribution in [3.05, 3.63) is 58.2 Å². The van der Waals surface area contributed by atoms with Gasteiger partial charge in [0, 0.05) is 26.1 Å². The molecule has 4 rings (SSSR count). The van der Waals surface area contributed by atoms with Gasteiger partial charge in [0.25, 0.3) is 5.91 Å². The highest BCUT2D eigenvalue weighted by molar-refractivity contribution is 7.89. The normalized spacial score (nSPS) is 13.9. The number of carbonyl (C=O) groups excluding carboxylic acids is 1. The van der Waals surface area contributed by atoms with Gasteiger partial charge in [-0.1, -0.05) is 17.3 Å². The molecule has 0 spiro atoms. The predicted octanol–water partition coefficient (Wildman–Crippen LogP) is 2.92. The molecule has 0 saturated carbocycles. The Balaban J connectivity index is 1.52. The molecule has 0 aliphatic heterocycles. The fourth-order valence-corrected chi connectivity index (χ4v) is 4.82. The maximum Gasteiger partial charge on any atom is 0.278 e. The van der Waals surface area contributed by atoms with Gasteiger partial charge in [-0.2, -0.15) is 5.10 Å². The van der Waals surface area contributed by atoms with Crippen LogP contribution in [0.4, 0.5) is 5.69 Å². The van der Waals surface area contributed by atoms with Crippen LogP contribution in [0, 0.1) is 13.8 Å². The molecule has 0 radical (unpaired) electrons. The first kappa shape index (κ1) is 22.2. The minimum absolute atomic E-state index is 0.239. The van der Waals surface area contributed by atoms with Crippen LogP contribution < -0.4 is 5.32 Å². The van der Waals surface area contributed by atoms with Gasteiger partial charge in [-0.15, -0.1) is 0 Å². The third-order valence-corrected chi connectivity index (χ3v) is 7.65. The number of aryl methyl sites for hydroxylation is 2. The summed E-state index contributed by atoms with van der Waals surface area (Å²) < 4.78 is 32.8. The lowest BCUT2D eigenvalue weighted by Gasteiger charge is -2.12. The molecule has 1 aliphatic carbocycles. The number of amides is 1. The average molecular weight is 458 g/mol. The number of sulfonamides is 1. The molecular formula is C22H27N5O4S. The summed E-state index contributed by atoms with van der Waals surface area (Å²) in [7, 11) is -0.462. The number of fused-ring (bicyclic) bond motifs is 1. The van der Waals surface area contributed by atoms with Crippen LogP contribution in [0.3, 0.4) is 0 Å². The van der Waals surface area contributed by atoms with Crippen LogP contribution in [-0.2, 0) is 29.4 Å². The third kappa shape index (κ3) is 4.07. The van der Waals surface area contributed by atoms with Gasteiger partial charge in [-0.3, -0.25) is 9.48 Å². The lowest BCUT2D eigenvalue weighted by molar-refractivity contribution is 0.101. The maximum atomic E-state index is 12.9.